The summed E-state index contributed by atoms with van der Waals surface area (Å²) in [4.78, 5) is 8.35. The van der Waals surface area contributed by atoms with Gasteiger partial charge in [0.1, 0.15) is 6.33 Å². The maximum Gasteiger partial charge on any atom is 0.116 e. The second-order valence-electron chi connectivity index (χ2n) is 3.34. The van der Waals surface area contributed by atoms with Gasteiger partial charge < -0.3 is 4.74 Å². The van der Waals surface area contributed by atoms with Gasteiger partial charge in [0.05, 0.1) is 36.6 Å². The average Bonchev–Trinajstić information content (AvgIpc) is 2.27. The van der Waals surface area contributed by atoms with E-state index < -0.39 is 0 Å². The fourth-order valence-corrected chi connectivity index (χ4v) is 1.61. The summed E-state index contributed by atoms with van der Waals surface area (Å²) in [6.45, 7) is 3.10. The first-order chi connectivity index (χ1) is 6.83. The van der Waals surface area contributed by atoms with E-state index in [2.05, 4.69) is 16.0 Å². The highest BCUT2D eigenvalue weighted by Gasteiger charge is 2.19. The van der Waals surface area contributed by atoms with Crippen LogP contribution >= 0.6 is 0 Å². The minimum Gasteiger partial charge on any atom is -0.376 e. The van der Waals surface area contributed by atoms with Crippen molar-refractivity contribution in [3.63, 3.8) is 0 Å². The number of ether oxygens (including phenoxy) is 1. The smallest absolute Gasteiger partial charge is 0.116 e. The summed E-state index contributed by atoms with van der Waals surface area (Å²) >= 11 is 0. The minimum atomic E-state index is -0.187. The van der Waals surface area contributed by atoms with E-state index in [4.69, 9.17) is 10.00 Å². The largest absolute Gasteiger partial charge is 0.376 e. The van der Waals surface area contributed by atoms with Crippen molar-refractivity contribution in [2.75, 3.05) is 6.61 Å². The Balaban J connectivity index is 2.46. The van der Waals surface area contributed by atoms with E-state index >= 15 is 0 Å². The van der Waals surface area contributed by atoms with Crippen LogP contribution in [-0.2, 0) is 17.8 Å². The molecule has 0 aromatic carbocycles. The van der Waals surface area contributed by atoms with Crippen LogP contribution in [0.1, 0.15) is 29.8 Å². The molecule has 72 valence electrons. The van der Waals surface area contributed by atoms with E-state index in [1.165, 1.54) is 6.33 Å². The average molecular weight is 189 g/mol. The van der Waals surface area contributed by atoms with Gasteiger partial charge in [-0.1, -0.05) is 0 Å². The van der Waals surface area contributed by atoms with Gasteiger partial charge in [-0.25, -0.2) is 9.97 Å². The van der Waals surface area contributed by atoms with E-state index in [1.807, 2.05) is 6.92 Å². The summed E-state index contributed by atoms with van der Waals surface area (Å²) in [6, 6.07) is 2.19. The lowest BCUT2D eigenvalue weighted by Gasteiger charge is -2.18. The molecule has 2 heterocycles. The van der Waals surface area contributed by atoms with Crippen molar-refractivity contribution in [3.8, 4) is 6.07 Å². The summed E-state index contributed by atoms with van der Waals surface area (Å²) in [7, 11) is 0. The predicted octanol–water partition coefficient (Wildman–Crippen LogP) is 1.18. The molecule has 0 N–H and O–H groups in total. The molecule has 14 heavy (non-hydrogen) atoms. The molecule has 0 radical (unpaired) electrons. The first-order valence-electron chi connectivity index (χ1n) is 4.63. The van der Waals surface area contributed by atoms with E-state index in [-0.39, 0.29) is 5.92 Å². The first-order valence-corrected chi connectivity index (χ1v) is 4.63. The number of fused-ring (bicyclic) bond motifs is 1. The highest BCUT2D eigenvalue weighted by atomic mass is 16.5. The van der Waals surface area contributed by atoms with Gasteiger partial charge >= 0.3 is 0 Å². The third-order valence-corrected chi connectivity index (χ3v) is 2.40. The fourth-order valence-electron chi connectivity index (χ4n) is 1.61. The molecule has 4 nitrogen and oxygen atoms in total. The van der Waals surface area contributed by atoms with E-state index in [0.717, 1.165) is 23.4 Å². The van der Waals surface area contributed by atoms with Crippen molar-refractivity contribution in [1.82, 2.24) is 9.97 Å². The van der Waals surface area contributed by atoms with Gasteiger partial charge in [0.15, 0.2) is 0 Å². The highest BCUT2D eigenvalue weighted by Crippen LogP contribution is 2.22. The molecule has 1 aliphatic heterocycles. The lowest BCUT2D eigenvalue weighted by atomic mass is 10.0. The molecular formula is C10H11N3O. The molecule has 0 saturated carbocycles. The van der Waals surface area contributed by atoms with Crippen LogP contribution in [0.2, 0.25) is 0 Å². The van der Waals surface area contributed by atoms with Gasteiger partial charge in [-0.15, -0.1) is 0 Å². The van der Waals surface area contributed by atoms with Gasteiger partial charge in [-0.05, 0) is 6.92 Å². The Morgan fingerprint density at radius 1 is 1.57 bits per heavy atom. The standard InChI is InChI=1S/C10H11N3O/c1-7(4-11)10-8-5-14-3-2-9(8)12-6-13-10/h6-7H,2-3,5H2,1H3. The number of nitriles is 1. The van der Waals surface area contributed by atoms with Crippen LogP contribution in [0.15, 0.2) is 6.33 Å². The Morgan fingerprint density at radius 2 is 2.43 bits per heavy atom. The molecule has 1 atom stereocenters. The normalized spacial score (nSPS) is 16.9. The molecule has 0 fully saturated rings. The van der Waals surface area contributed by atoms with Crippen molar-refractivity contribution in [1.29, 1.82) is 5.26 Å². The van der Waals surface area contributed by atoms with Crippen LogP contribution in [0.3, 0.4) is 0 Å². The number of nitrogens with zero attached hydrogens (tertiary/aromatic N) is 3. The monoisotopic (exact) mass is 189 g/mol. The van der Waals surface area contributed by atoms with Crippen molar-refractivity contribution in [2.24, 2.45) is 0 Å². The molecular weight excluding hydrogens is 178 g/mol. The fraction of sp³-hybridized carbons (Fsp3) is 0.500. The Labute approximate surface area is 82.6 Å². The molecule has 1 aromatic rings. The molecule has 0 aliphatic carbocycles. The molecule has 0 saturated heterocycles. The summed E-state index contributed by atoms with van der Waals surface area (Å²) in [6.07, 6.45) is 2.36. The summed E-state index contributed by atoms with van der Waals surface area (Å²) in [5.41, 5.74) is 2.85. The molecule has 1 unspecified atom stereocenters. The SMILES string of the molecule is CC(C#N)c1ncnc2c1COCC2. The Hall–Kier alpha value is -1.47. The van der Waals surface area contributed by atoms with Gasteiger partial charge in [0.2, 0.25) is 0 Å². The summed E-state index contributed by atoms with van der Waals surface area (Å²) in [5.74, 6) is -0.187. The van der Waals surface area contributed by atoms with Crippen molar-refractivity contribution >= 4 is 0 Å². The lowest BCUT2D eigenvalue weighted by molar-refractivity contribution is 0.108. The summed E-state index contributed by atoms with van der Waals surface area (Å²) in [5, 5.41) is 8.84. The van der Waals surface area contributed by atoms with Crippen molar-refractivity contribution in [2.45, 2.75) is 25.9 Å². The number of aromatic nitrogens is 2. The van der Waals surface area contributed by atoms with Gasteiger partial charge in [-0.3, -0.25) is 0 Å². The van der Waals surface area contributed by atoms with Gasteiger partial charge in [0.25, 0.3) is 0 Å². The maximum absolute atomic E-state index is 8.84. The van der Waals surface area contributed by atoms with Gasteiger partial charge in [0, 0.05) is 12.0 Å². The predicted molar refractivity (Wildman–Crippen MR) is 49.4 cm³/mol. The topological polar surface area (TPSA) is 58.8 Å². The van der Waals surface area contributed by atoms with Crippen LogP contribution in [0.5, 0.6) is 0 Å². The van der Waals surface area contributed by atoms with Crippen LogP contribution < -0.4 is 0 Å². The first kappa shape index (κ1) is 9.10. The zero-order chi connectivity index (χ0) is 9.97. The molecule has 0 bridgehead atoms. The Kier molecular flexibility index (Phi) is 2.42. The minimum absolute atomic E-state index is 0.187. The molecule has 0 spiro atoms. The second kappa shape index (κ2) is 3.72. The molecule has 1 aromatic heterocycles. The Bertz CT molecular complexity index is 383. The number of hydrogen-bond donors (Lipinski definition) is 0. The maximum atomic E-state index is 8.84. The number of hydrogen-bond acceptors (Lipinski definition) is 4. The quantitative estimate of drug-likeness (QED) is 0.665. The zero-order valence-corrected chi connectivity index (χ0v) is 8.03. The van der Waals surface area contributed by atoms with Crippen molar-refractivity contribution < 1.29 is 4.74 Å². The second-order valence-corrected chi connectivity index (χ2v) is 3.34. The third-order valence-electron chi connectivity index (χ3n) is 2.40. The highest BCUT2D eigenvalue weighted by molar-refractivity contribution is 5.30. The number of rotatable bonds is 1. The molecule has 4 heteroatoms. The van der Waals surface area contributed by atoms with E-state index in [0.29, 0.717) is 13.2 Å². The third kappa shape index (κ3) is 1.47. The molecule has 2 rings (SSSR count). The van der Waals surface area contributed by atoms with Crippen LogP contribution in [0.25, 0.3) is 0 Å². The lowest BCUT2D eigenvalue weighted by Crippen LogP contribution is -2.16. The van der Waals surface area contributed by atoms with Crippen LogP contribution in [0, 0.1) is 11.3 Å². The molecule has 0 amide bonds. The van der Waals surface area contributed by atoms with Crippen molar-refractivity contribution in [3.05, 3.63) is 23.3 Å². The van der Waals surface area contributed by atoms with E-state index in [9.17, 15) is 0 Å². The van der Waals surface area contributed by atoms with Crippen LogP contribution in [-0.4, -0.2) is 16.6 Å². The van der Waals surface area contributed by atoms with Crippen LogP contribution in [0.4, 0.5) is 0 Å². The molecule has 1 aliphatic rings. The zero-order valence-electron chi connectivity index (χ0n) is 8.03. The Morgan fingerprint density at radius 3 is 3.21 bits per heavy atom. The van der Waals surface area contributed by atoms with E-state index in [1.54, 1.807) is 0 Å². The van der Waals surface area contributed by atoms with Gasteiger partial charge in [-0.2, -0.15) is 5.26 Å². The summed E-state index contributed by atoms with van der Waals surface area (Å²) < 4.78 is 5.34.